The predicted molar refractivity (Wildman–Crippen MR) is 71.5 cm³/mol. The minimum absolute atomic E-state index is 0.178. The molecule has 7 heteroatoms. The Hall–Kier alpha value is -1.47. The van der Waals surface area contributed by atoms with E-state index in [1.807, 2.05) is 0 Å². The molecule has 0 atom stereocenters. The number of esters is 1. The first-order chi connectivity index (χ1) is 9.13. The van der Waals surface area contributed by atoms with Crippen molar-refractivity contribution >= 4 is 23.3 Å². The zero-order valence-electron chi connectivity index (χ0n) is 10.8. The molecule has 0 aliphatic heterocycles. The van der Waals surface area contributed by atoms with Crippen molar-refractivity contribution in [1.82, 2.24) is 10.3 Å². The molecule has 0 saturated heterocycles. The summed E-state index contributed by atoms with van der Waals surface area (Å²) in [6.07, 6.45) is 1.51. The second-order valence-electron chi connectivity index (χ2n) is 3.84. The van der Waals surface area contributed by atoms with Crippen LogP contribution in [-0.4, -0.2) is 41.7 Å². The van der Waals surface area contributed by atoms with Gasteiger partial charge in [0.1, 0.15) is 0 Å². The molecule has 0 spiro atoms. The third kappa shape index (κ3) is 6.30. The van der Waals surface area contributed by atoms with Gasteiger partial charge in [0.2, 0.25) is 0 Å². The standard InChI is InChI=1S/C12H18N2O4S/c1-2-18-12(17)9-8-19-10(14-9)5-7-13-6-3-4-11(15)16/h8,13H,2-7H2,1H3,(H,15,16). The van der Waals surface area contributed by atoms with Crippen LogP contribution in [0.5, 0.6) is 0 Å². The van der Waals surface area contributed by atoms with E-state index in [4.69, 9.17) is 9.84 Å². The van der Waals surface area contributed by atoms with Crippen molar-refractivity contribution in [1.29, 1.82) is 0 Å². The Morgan fingerprint density at radius 1 is 1.47 bits per heavy atom. The lowest BCUT2D eigenvalue weighted by atomic mass is 10.3. The van der Waals surface area contributed by atoms with Gasteiger partial charge in [0, 0.05) is 24.8 Å². The fourth-order valence-corrected chi connectivity index (χ4v) is 2.18. The number of nitrogens with one attached hydrogen (secondary N) is 1. The molecule has 0 saturated carbocycles. The third-order valence-corrected chi connectivity index (χ3v) is 3.20. The minimum atomic E-state index is -0.777. The highest BCUT2D eigenvalue weighted by molar-refractivity contribution is 7.09. The van der Waals surface area contributed by atoms with Gasteiger partial charge in [0.15, 0.2) is 5.69 Å². The van der Waals surface area contributed by atoms with E-state index in [2.05, 4.69) is 10.3 Å². The van der Waals surface area contributed by atoms with Crippen LogP contribution in [0, 0.1) is 0 Å². The number of aliphatic carboxylic acids is 1. The monoisotopic (exact) mass is 286 g/mol. The molecule has 6 nitrogen and oxygen atoms in total. The van der Waals surface area contributed by atoms with E-state index in [-0.39, 0.29) is 12.4 Å². The van der Waals surface area contributed by atoms with Gasteiger partial charge in [0.05, 0.1) is 11.6 Å². The molecule has 0 aromatic carbocycles. The van der Waals surface area contributed by atoms with Crippen molar-refractivity contribution in [3.8, 4) is 0 Å². The number of hydrogen-bond acceptors (Lipinski definition) is 6. The molecule has 106 valence electrons. The molecule has 0 unspecified atom stereocenters. The van der Waals surface area contributed by atoms with Crippen LogP contribution in [0.15, 0.2) is 5.38 Å². The van der Waals surface area contributed by atoms with E-state index < -0.39 is 5.97 Å². The number of aromatic nitrogens is 1. The molecular weight excluding hydrogens is 268 g/mol. The Morgan fingerprint density at radius 3 is 2.95 bits per heavy atom. The topological polar surface area (TPSA) is 88.5 Å². The molecular formula is C12H18N2O4S. The molecule has 1 aromatic heterocycles. The summed E-state index contributed by atoms with van der Waals surface area (Å²) in [6, 6.07) is 0. The van der Waals surface area contributed by atoms with Crippen molar-refractivity contribution in [2.75, 3.05) is 19.7 Å². The van der Waals surface area contributed by atoms with Crippen LogP contribution in [0.1, 0.15) is 35.3 Å². The molecule has 1 heterocycles. The lowest BCUT2D eigenvalue weighted by Gasteiger charge is -2.01. The number of carbonyl (C=O) groups excluding carboxylic acids is 1. The SMILES string of the molecule is CCOC(=O)c1csc(CCNCCCC(=O)O)n1. The van der Waals surface area contributed by atoms with Gasteiger partial charge in [-0.15, -0.1) is 11.3 Å². The minimum Gasteiger partial charge on any atom is -0.481 e. The number of thiazole rings is 1. The van der Waals surface area contributed by atoms with Crippen LogP contribution in [0.25, 0.3) is 0 Å². The first kappa shape index (κ1) is 15.6. The molecule has 19 heavy (non-hydrogen) atoms. The number of carbonyl (C=O) groups is 2. The molecule has 0 radical (unpaired) electrons. The summed E-state index contributed by atoms with van der Waals surface area (Å²) in [6.45, 7) is 3.49. The maximum absolute atomic E-state index is 11.4. The maximum atomic E-state index is 11.4. The number of ether oxygens (including phenoxy) is 1. The molecule has 2 N–H and O–H groups in total. The Bertz CT molecular complexity index is 420. The Morgan fingerprint density at radius 2 is 2.26 bits per heavy atom. The summed E-state index contributed by atoms with van der Waals surface area (Å²) >= 11 is 1.43. The molecule has 0 fully saturated rings. The van der Waals surface area contributed by atoms with Crippen LogP contribution in [0.4, 0.5) is 0 Å². The van der Waals surface area contributed by atoms with Crippen molar-refractivity contribution in [2.45, 2.75) is 26.2 Å². The van der Waals surface area contributed by atoms with E-state index in [1.165, 1.54) is 11.3 Å². The van der Waals surface area contributed by atoms with Gasteiger partial charge >= 0.3 is 11.9 Å². The number of rotatable bonds is 9. The largest absolute Gasteiger partial charge is 0.481 e. The summed E-state index contributed by atoms with van der Waals surface area (Å²) in [7, 11) is 0. The van der Waals surface area contributed by atoms with Crippen molar-refractivity contribution in [3.05, 3.63) is 16.1 Å². The van der Waals surface area contributed by atoms with Gasteiger partial charge in [-0.05, 0) is 19.9 Å². The molecule has 0 bridgehead atoms. The van der Waals surface area contributed by atoms with E-state index in [0.717, 1.165) is 18.0 Å². The van der Waals surface area contributed by atoms with Crippen molar-refractivity contribution in [3.63, 3.8) is 0 Å². The summed E-state index contributed by atoms with van der Waals surface area (Å²) in [5, 5.41) is 14.2. The maximum Gasteiger partial charge on any atom is 0.357 e. The highest BCUT2D eigenvalue weighted by atomic mass is 32.1. The van der Waals surface area contributed by atoms with Crippen LogP contribution in [-0.2, 0) is 16.0 Å². The van der Waals surface area contributed by atoms with Crippen LogP contribution < -0.4 is 5.32 Å². The average molecular weight is 286 g/mol. The highest BCUT2D eigenvalue weighted by Crippen LogP contribution is 2.11. The zero-order chi connectivity index (χ0) is 14.1. The Labute approximate surface area is 115 Å². The lowest BCUT2D eigenvalue weighted by Crippen LogP contribution is -2.19. The van der Waals surface area contributed by atoms with Gasteiger partial charge < -0.3 is 15.2 Å². The van der Waals surface area contributed by atoms with Gasteiger partial charge in [-0.2, -0.15) is 0 Å². The van der Waals surface area contributed by atoms with E-state index in [9.17, 15) is 9.59 Å². The molecule has 1 rings (SSSR count). The number of carboxylic acid groups (broad SMARTS) is 1. The number of carboxylic acids is 1. The third-order valence-electron chi connectivity index (χ3n) is 2.30. The van der Waals surface area contributed by atoms with Crippen LogP contribution in [0.3, 0.4) is 0 Å². The van der Waals surface area contributed by atoms with Gasteiger partial charge in [-0.1, -0.05) is 0 Å². The van der Waals surface area contributed by atoms with Crippen LogP contribution in [0.2, 0.25) is 0 Å². The van der Waals surface area contributed by atoms with Gasteiger partial charge in [-0.3, -0.25) is 4.79 Å². The molecule has 0 amide bonds. The Kier molecular flexibility index (Phi) is 7.06. The fourth-order valence-electron chi connectivity index (χ4n) is 1.41. The van der Waals surface area contributed by atoms with Crippen molar-refractivity contribution < 1.29 is 19.4 Å². The van der Waals surface area contributed by atoms with E-state index in [1.54, 1.807) is 12.3 Å². The lowest BCUT2D eigenvalue weighted by molar-refractivity contribution is -0.137. The summed E-state index contributed by atoms with van der Waals surface area (Å²) in [5.74, 6) is -1.17. The van der Waals surface area contributed by atoms with E-state index >= 15 is 0 Å². The fraction of sp³-hybridized carbons (Fsp3) is 0.583. The molecule has 1 aromatic rings. The van der Waals surface area contributed by atoms with E-state index in [0.29, 0.717) is 25.3 Å². The first-order valence-electron chi connectivity index (χ1n) is 6.17. The van der Waals surface area contributed by atoms with Crippen molar-refractivity contribution in [2.24, 2.45) is 0 Å². The summed E-state index contributed by atoms with van der Waals surface area (Å²) in [5.41, 5.74) is 0.354. The number of nitrogens with zero attached hydrogens (tertiary/aromatic N) is 1. The second-order valence-corrected chi connectivity index (χ2v) is 4.79. The zero-order valence-corrected chi connectivity index (χ0v) is 11.7. The normalized spacial score (nSPS) is 10.4. The summed E-state index contributed by atoms with van der Waals surface area (Å²) in [4.78, 5) is 25.9. The summed E-state index contributed by atoms with van der Waals surface area (Å²) < 4.78 is 4.86. The first-order valence-corrected chi connectivity index (χ1v) is 7.05. The average Bonchev–Trinajstić information content (AvgIpc) is 2.82. The van der Waals surface area contributed by atoms with Crippen LogP contribution >= 0.6 is 11.3 Å². The Balaban J connectivity index is 2.19. The quantitative estimate of drug-likeness (QED) is 0.526. The predicted octanol–water partition coefficient (Wildman–Crippen LogP) is 1.32. The number of hydrogen-bond donors (Lipinski definition) is 2. The smallest absolute Gasteiger partial charge is 0.357 e. The molecule has 0 aliphatic carbocycles. The second kappa shape index (κ2) is 8.60. The highest BCUT2D eigenvalue weighted by Gasteiger charge is 2.10. The van der Waals surface area contributed by atoms with Gasteiger partial charge in [0.25, 0.3) is 0 Å². The van der Waals surface area contributed by atoms with Gasteiger partial charge in [-0.25, -0.2) is 9.78 Å². The molecule has 0 aliphatic rings.